The zero-order valence-electron chi connectivity index (χ0n) is 11.8. The summed E-state index contributed by atoms with van der Waals surface area (Å²) < 4.78 is 4.63. The third-order valence-corrected chi connectivity index (χ3v) is 2.77. The SMILES string of the molecule is COC(=O)C(C)CN(C)C(=O)Nc1cccc(C)c1. The molecule has 1 N–H and O–H groups in total. The summed E-state index contributed by atoms with van der Waals surface area (Å²) in [4.78, 5) is 24.7. The highest BCUT2D eigenvalue weighted by Crippen LogP contribution is 2.10. The molecule has 19 heavy (non-hydrogen) atoms. The van der Waals surface area contributed by atoms with Crippen LogP contribution in [0.5, 0.6) is 0 Å². The van der Waals surface area contributed by atoms with Crippen LogP contribution in [0.25, 0.3) is 0 Å². The van der Waals surface area contributed by atoms with Gasteiger partial charge in [0.25, 0.3) is 0 Å². The Bertz CT molecular complexity index is 460. The summed E-state index contributed by atoms with van der Waals surface area (Å²) in [6.07, 6.45) is 0. The van der Waals surface area contributed by atoms with Crippen LogP contribution in [-0.2, 0) is 9.53 Å². The molecule has 0 fully saturated rings. The minimum absolute atomic E-state index is 0.249. The highest BCUT2D eigenvalue weighted by atomic mass is 16.5. The van der Waals surface area contributed by atoms with Crippen molar-refractivity contribution in [3.05, 3.63) is 29.8 Å². The van der Waals surface area contributed by atoms with Crippen molar-refractivity contribution in [1.29, 1.82) is 0 Å². The van der Waals surface area contributed by atoms with Gasteiger partial charge in [-0.1, -0.05) is 19.1 Å². The van der Waals surface area contributed by atoms with Crippen molar-refractivity contribution < 1.29 is 14.3 Å². The molecule has 0 bridgehead atoms. The number of anilines is 1. The molecule has 1 rings (SSSR count). The Labute approximate surface area is 113 Å². The molecule has 1 aromatic carbocycles. The summed E-state index contributed by atoms with van der Waals surface area (Å²) >= 11 is 0. The predicted molar refractivity (Wildman–Crippen MR) is 74.0 cm³/mol. The molecule has 1 atom stereocenters. The molecule has 1 unspecified atom stereocenters. The molecule has 104 valence electrons. The van der Waals surface area contributed by atoms with Crippen LogP contribution in [0.4, 0.5) is 10.5 Å². The fraction of sp³-hybridized carbons (Fsp3) is 0.429. The first-order valence-electron chi connectivity index (χ1n) is 6.10. The van der Waals surface area contributed by atoms with Crippen LogP contribution in [0, 0.1) is 12.8 Å². The number of rotatable bonds is 4. The summed E-state index contributed by atoms with van der Waals surface area (Å²) in [5, 5.41) is 2.78. The van der Waals surface area contributed by atoms with Gasteiger partial charge in [0, 0.05) is 19.3 Å². The van der Waals surface area contributed by atoms with Crippen LogP contribution in [0.15, 0.2) is 24.3 Å². The number of amides is 2. The maximum Gasteiger partial charge on any atom is 0.321 e. The molecule has 0 radical (unpaired) electrons. The van der Waals surface area contributed by atoms with Crippen LogP contribution in [0.3, 0.4) is 0 Å². The van der Waals surface area contributed by atoms with Crippen LogP contribution in [0.2, 0.25) is 0 Å². The molecule has 1 aromatic rings. The van der Waals surface area contributed by atoms with E-state index in [1.54, 1.807) is 14.0 Å². The van der Waals surface area contributed by atoms with Crippen molar-refractivity contribution in [2.45, 2.75) is 13.8 Å². The monoisotopic (exact) mass is 264 g/mol. The number of esters is 1. The topological polar surface area (TPSA) is 58.6 Å². The lowest BCUT2D eigenvalue weighted by Crippen LogP contribution is -2.37. The molecule has 0 heterocycles. The Balaban J connectivity index is 2.56. The number of carbonyl (C=O) groups is 2. The average Bonchev–Trinajstić information content (AvgIpc) is 2.37. The lowest BCUT2D eigenvalue weighted by atomic mass is 10.2. The Morgan fingerprint density at radius 3 is 2.68 bits per heavy atom. The number of methoxy groups -OCH3 is 1. The molecule has 0 aliphatic carbocycles. The normalized spacial score (nSPS) is 11.6. The van der Waals surface area contributed by atoms with Crippen molar-refractivity contribution in [1.82, 2.24) is 4.90 Å². The van der Waals surface area contributed by atoms with E-state index in [4.69, 9.17) is 0 Å². The summed E-state index contributed by atoms with van der Waals surface area (Å²) in [5.74, 6) is -0.673. The summed E-state index contributed by atoms with van der Waals surface area (Å²) in [5.41, 5.74) is 1.81. The first kappa shape index (κ1) is 15.0. The van der Waals surface area contributed by atoms with Gasteiger partial charge in [0.1, 0.15) is 0 Å². The molecule has 0 saturated carbocycles. The van der Waals surface area contributed by atoms with Crippen molar-refractivity contribution in [3.63, 3.8) is 0 Å². The maximum atomic E-state index is 11.9. The highest BCUT2D eigenvalue weighted by molar-refractivity contribution is 5.89. The van der Waals surface area contributed by atoms with Gasteiger partial charge in [-0.2, -0.15) is 0 Å². The van der Waals surface area contributed by atoms with Crippen molar-refractivity contribution in [3.8, 4) is 0 Å². The van der Waals surface area contributed by atoms with E-state index >= 15 is 0 Å². The number of nitrogens with zero attached hydrogens (tertiary/aromatic N) is 1. The summed E-state index contributed by atoms with van der Waals surface area (Å²) in [6.45, 7) is 3.99. The number of hydrogen-bond donors (Lipinski definition) is 1. The molecule has 0 spiro atoms. The molecule has 2 amide bonds. The Morgan fingerprint density at radius 1 is 1.42 bits per heavy atom. The average molecular weight is 264 g/mol. The van der Waals surface area contributed by atoms with E-state index in [-0.39, 0.29) is 17.9 Å². The Morgan fingerprint density at radius 2 is 2.11 bits per heavy atom. The van der Waals surface area contributed by atoms with E-state index < -0.39 is 0 Å². The van der Waals surface area contributed by atoms with Gasteiger partial charge in [-0.25, -0.2) is 4.79 Å². The lowest BCUT2D eigenvalue weighted by molar-refractivity contribution is -0.145. The van der Waals surface area contributed by atoms with Gasteiger partial charge in [0.15, 0.2) is 0 Å². The molecular formula is C14H20N2O3. The number of nitrogens with one attached hydrogen (secondary N) is 1. The highest BCUT2D eigenvalue weighted by Gasteiger charge is 2.18. The fourth-order valence-electron chi connectivity index (χ4n) is 1.71. The molecule has 0 saturated heterocycles. The molecule has 0 aromatic heterocycles. The van der Waals surface area contributed by atoms with Gasteiger partial charge in [-0.15, -0.1) is 0 Å². The van der Waals surface area contributed by atoms with Gasteiger partial charge in [-0.05, 0) is 24.6 Å². The number of urea groups is 1. The zero-order valence-corrected chi connectivity index (χ0v) is 11.8. The predicted octanol–water partition coefficient (Wildman–Crippen LogP) is 2.27. The van der Waals surface area contributed by atoms with Crippen LogP contribution in [0.1, 0.15) is 12.5 Å². The smallest absolute Gasteiger partial charge is 0.321 e. The minimum atomic E-state index is -0.349. The van der Waals surface area contributed by atoms with E-state index in [9.17, 15) is 9.59 Å². The standard InChI is InChI=1S/C14H20N2O3/c1-10-6-5-7-12(8-10)15-14(18)16(3)9-11(2)13(17)19-4/h5-8,11H,9H2,1-4H3,(H,15,18). The molecule has 5 heteroatoms. The quantitative estimate of drug-likeness (QED) is 0.849. The maximum absolute atomic E-state index is 11.9. The minimum Gasteiger partial charge on any atom is -0.469 e. The number of benzene rings is 1. The van der Waals surface area contributed by atoms with Crippen LogP contribution >= 0.6 is 0 Å². The number of hydrogen-bond acceptors (Lipinski definition) is 3. The van der Waals surface area contributed by atoms with Crippen LogP contribution < -0.4 is 5.32 Å². The Hall–Kier alpha value is -2.04. The van der Waals surface area contributed by atoms with Gasteiger partial charge in [-0.3, -0.25) is 4.79 Å². The third kappa shape index (κ3) is 4.62. The van der Waals surface area contributed by atoms with Crippen molar-refractivity contribution in [2.75, 3.05) is 26.0 Å². The number of carbonyl (C=O) groups excluding carboxylic acids is 2. The van der Waals surface area contributed by atoms with Gasteiger partial charge < -0.3 is 15.0 Å². The third-order valence-electron chi connectivity index (χ3n) is 2.77. The van der Waals surface area contributed by atoms with Gasteiger partial charge in [0.2, 0.25) is 0 Å². The molecule has 5 nitrogen and oxygen atoms in total. The van der Waals surface area contributed by atoms with E-state index in [2.05, 4.69) is 10.1 Å². The fourth-order valence-corrected chi connectivity index (χ4v) is 1.71. The number of aryl methyl sites for hydroxylation is 1. The first-order valence-corrected chi connectivity index (χ1v) is 6.10. The van der Waals surface area contributed by atoms with Gasteiger partial charge in [0.05, 0.1) is 13.0 Å². The molecule has 0 aliphatic rings. The second-order valence-electron chi connectivity index (χ2n) is 4.60. The van der Waals surface area contributed by atoms with Crippen molar-refractivity contribution >= 4 is 17.7 Å². The van der Waals surface area contributed by atoms with E-state index in [0.29, 0.717) is 6.54 Å². The van der Waals surface area contributed by atoms with Crippen molar-refractivity contribution in [2.24, 2.45) is 5.92 Å². The zero-order chi connectivity index (χ0) is 14.4. The molecular weight excluding hydrogens is 244 g/mol. The Kier molecular flexibility index (Phi) is 5.36. The lowest BCUT2D eigenvalue weighted by Gasteiger charge is -2.20. The largest absolute Gasteiger partial charge is 0.469 e. The van der Waals surface area contributed by atoms with Crippen LogP contribution in [-0.4, -0.2) is 37.6 Å². The van der Waals surface area contributed by atoms with E-state index in [1.807, 2.05) is 31.2 Å². The van der Waals surface area contributed by atoms with E-state index in [1.165, 1.54) is 12.0 Å². The first-order chi connectivity index (χ1) is 8.93. The summed E-state index contributed by atoms with van der Waals surface area (Å²) in [6, 6.07) is 7.29. The molecule has 0 aliphatic heterocycles. The number of ether oxygens (including phenoxy) is 1. The van der Waals surface area contributed by atoms with Gasteiger partial charge >= 0.3 is 12.0 Å². The van der Waals surface area contributed by atoms with E-state index in [0.717, 1.165) is 11.3 Å². The second-order valence-corrected chi connectivity index (χ2v) is 4.60. The second kappa shape index (κ2) is 6.78. The summed E-state index contributed by atoms with van der Waals surface area (Å²) in [7, 11) is 2.98.